The molecule has 3 nitrogen and oxygen atoms in total. The van der Waals surface area contributed by atoms with Crippen LogP contribution in [-0.2, 0) is 9.53 Å². The number of carbonyl (C=O) groups is 1. The fraction of sp³-hybridized carbons (Fsp3) is 0.462. The maximum Gasteiger partial charge on any atom is 0.306 e. The fourth-order valence-corrected chi connectivity index (χ4v) is 4.01. The minimum Gasteiger partial charge on any atom is -0.469 e. The molecule has 0 radical (unpaired) electrons. The van der Waals surface area contributed by atoms with Gasteiger partial charge < -0.3 is 10.5 Å². The third kappa shape index (κ3) is 3.54. The summed E-state index contributed by atoms with van der Waals surface area (Å²) in [7, 11) is 1.45. The Morgan fingerprint density at radius 1 is 1.56 bits per heavy atom. The van der Waals surface area contributed by atoms with Crippen molar-refractivity contribution in [3.05, 3.63) is 21.8 Å². The van der Waals surface area contributed by atoms with Gasteiger partial charge in [-0.3, -0.25) is 4.79 Å². The van der Waals surface area contributed by atoms with E-state index >= 15 is 0 Å². The van der Waals surface area contributed by atoms with Gasteiger partial charge in [-0.25, -0.2) is 0 Å². The smallest absolute Gasteiger partial charge is 0.306 e. The second-order valence-corrected chi connectivity index (χ2v) is 6.91. The molecule has 1 saturated carbocycles. The van der Waals surface area contributed by atoms with Crippen molar-refractivity contribution in [1.29, 1.82) is 0 Å². The molecule has 0 saturated heterocycles. The topological polar surface area (TPSA) is 52.3 Å². The first-order chi connectivity index (χ1) is 8.54. The first kappa shape index (κ1) is 14.0. The molecule has 1 aliphatic rings. The Morgan fingerprint density at radius 3 is 2.83 bits per heavy atom. The molecule has 18 heavy (non-hydrogen) atoms. The summed E-state index contributed by atoms with van der Waals surface area (Å²) in [5, 5.41) is 0. The van der Waals surface area contributed by atoms with Gasteiger partial charge in [0, 0.05) is 19.9 Å². The van der Waals surface area contributed by atoms with Gasteiger partial charge in [-0.15, -0.1) is 11.8 Å². The minimum atomic E-state index is -0.0971. The van der Waals surface area contributed by atoms with Crippen molar-refractivity contribution in [2.24, 2.45) is 5.41 Å². The molecule has 0 atom stereocenters. The standard InChI is InChI=1S/C13H16INO2S/c1-17-12(16)7-13(4-5-13)8-18-11-3-2-9(15)6-10(11)14/h2-3,6H,4-5,7-8,15H2,1H3. The maximum atomic E-state index is 11.3. The van der Waals surface area contributed by atoms with Crippen molar-refractivity contribution < 1.29 is 9.53 Å². The Balaban J connectivity index is 1.93. The molecule has 2 N–H and O–H groups in total. The lowest BCUT2D eigenvalue weighted by molar-refractivity contribution is -0.141. The molecular formula is C13H16INO2S. The monoisotopic (exact) mass is 377 g/mol. The Bertz CT molecular complexity index is 460. The number of thioether (sulfide) groups is 1. The number of esters is 1. The molecule has 0 amide bonds. The number of halogens is 1. The third-order valence-electron chi connectivity index (χ3n) is 3.19. The molecule has 1 aliphatic carbocycles. The quantitative estimate of drug-likeness (QED) is 0.370. The van der Waals surface area contributed by atoms with Gasteiger partial charge in [0.25, 0.3) is 0 Å². The molecule has 5 heteroatoms. The van der Waals surface area contributed by atoms with Crippen LogP contribution in [0.25, 0.3) is 0 Å². The average molecular weight is 377 g/mol. The van der Waals surface area contributed by atoms with Crippen LogP contribution in [-0.4, -0.2) is 18.8 Å². The first-order valence-electron chi connectivity index (χ1n) is 5.79. The zero-order valence-electron chi connectivity index (χ0n) is 10.2. The number of methoxy groups -OCH3 is 1. The van der Waals surface area contributed by atoms with Gasteiger partial charge in [-0.2, -0.15) is 0 Å². The molecule has 98 valence electrons. The predicted molar refractivity (Wildman–Crippen MR) is 82.6 cm³/mol. The van der Waals surface area contributed by atoms with Crippen molar-refractivity contribution in [3.63, 3.8) is 0 Å². The molecule has 1 aromatic rings. The van der Waals surface area contributed by atoms with Crippen LogP contribution in [0.5, 0.6) is 0 Å². The van der Waals surface area contributed by atoms with E-state index in [4.69, 9.17) is 10.5 Å². The summed E-state index contributed by atoms with van der Waals surface area (Å²) in [6, 6.07) is 5.95. The fourth-order valence-electron chi connectivity index (χ4n) is 1.79. The van der Waals surface area contributed by atoms with E-state index in [2.05, 4.69) is 28.7 Å². The molecule has 0 aliphatic heterocycles. The Kier molecular flexibility index (Phi) is 4.42. The van der Waals surface area contributed by atoms with Gasteiger partial charge in [-0.1, -0.05) is 0 Å². The van der Waals surface area contributed by atoms with E-state index in [0.29, 0.717) is 6.42 Å². The number of hydrogen-bond donors (Lipinski definition) is 1. The number of carbonyl (C=O) groups excluding carboxylic acids is 1. The van der Waals surface area contributed by atoms with E-state index in [0.717, 1.165) is 24.3 Å². The number of nitrogen functional groups attached to an aromatic ring is 1. The zero-order valence-corrected chi connectivity index (χ0v) is 13.2. The van der Waals surface area contributed by atoms with Crippen LogP contribution < -0.4 is 5.73 Å². The molecule has 1 aromatic carbocycles. The van der Waals surface area contributed by atoms with Crippen LogP contribution in [0.1, 0.15) is 19.3 Å². The molecule has 0 spiro atoms. The first-order valence-corrected chi connectivity index (χ1v) is 7.86. The van der Waals surface area contributed by atoms with Gasteiger partial charge in [-0.05, 0) is 59.0 Å². The highest BCUT2D eigenvalue weighted by Gasteiger charge is 2.44. The second kappa shape index (κ2) is 5.69. The van der Waals surface area contributed by atoms with E-state index in [1.165, 1.54) is 15.6 Å². The molecule has 0 bridgehead atoms. The summed E-state index contributed by atoms with van der Waals surface area (Å²) in [5.41, 5.74) is 6.69. The van der Waals surface area contributed by atoms with Gasteiger partial charge in [0.2, 0.25) is 0 Å². The average Bonchev–Trinajstić information content (AvgIpc) is 3.08. The summed E-state index contributed by atoms with van der Waals surface area (Å²) in [4.78, 5) is 12.6. The van der Waals surface area contributed by atoms with Crippen molar-refractivity contribution in [3.8, 4) is 0 Å². The number of rotatable bonds is 5. The summed E-state index contributed by atoms with van der Waals surface area (Å²) < 4.78 is 5.92. The van der Waals surface area contributed by atoms with Crippen LogP contribution in [0.15, 0.2) is 23.1 Å². The van der Waals surface area contributed by atoms with Crippen LogP contribution in [0.4, 0.5) is 5.69 Å². The molecule has 0 heterocycles. The van der Waals surface area contributed by atoms with E-state index in [1.54, 1.807) is 11.8 Å². The maximum absolute atomic E-state index is 11.3. The van der Waals surface area contributed by atoms with Crippen molar-refractivity contribution in [2.75, 3.05) is 18.6 Å². The highest BCUT2D eigenvalue weighted by Crippen LogP contribution is 2.52. The Hall–Kier alpha value is -0.430. The second-order valence-electron chi connectivity index (χ2n) is 4.73. The molecular weight excluding hydrogens is 361 g/mol. The van der Waals surface area contributed by atoms with Crippen LogP contribution >= 0.6 is 34.4 Å². The molecule has 2 rings (SSSR count). The minimum absolute atomic E-state index is 0.0971. The lowest BCUT2D eigenvalue weighted by Crippen LogP contribution is -2.13. The van der Waals surface area contributed by atoms with Gasteiger partial charge in [0.1, 0.15) is 0 Å². The summed E-state index contributed by atoms with van der Waals surface area (Å²) in [6.45, 7) is 0. The van der Waals surface area contributed by atoms with E-state index in [-0.39, 0.29) is 11.4 Å². The van der Waals surface area contributed by atoms with Gasteiger partial charge >= 0.3 is 5.97 Å². The molecule has 0 unspecified atom stereocenters. The van der Waals surface area contributed by atoms with Crippen LogP contribution in [0, 0.1) is 8.99 Å². The van der Waals surface area contributed by atoms with E-state index < -0.39 is 0 Å². The number of benzene rings is 1. The predicted octanol–water partition coefficient (Wildman–Crippen LogP) is 3.31. The Morgan fingerprint density at radius 2 is 2.28 bits per heavy atom. The third-order valence-corrected chi connectivity index (χ3v) is 5.88. The SMILES string of the molecule is COC(=O)CC1(CSc2ccc(N)cc2I)CC1. The highest BCUT2D eigenvalue weighted by molar-refractivity contribution is 14.1. The number of hydrogen-bond acceptors (Lipinski definition) is 4. The van der Waals surface area contributed by atoms with Gasteiger partial charge in [0.05, 0.1) is 13.5 Å². The highest BCUT2D eigenvalue weighted by atomic mass is 127. The number of ether oxygens (including phenoxy) is 1. The summed E-state index contributed by atoms with van der Waals surface area (Å²) in [5.74, 6) is 0.877. The zero-order chi connectivity index (χ0) is 13.2. The van der Waals surface area contributed by atoms with E-state index in [1.807, 2.05) is 12.1 Å². The van der Waals surface area contributed by atoms with Gasteiger partial charge in [0.15, 0.2) is 0 Å². The van der Waals surface area contributed by atoms with E-state index in [9.17, 15) is 4.79 Å². The van der Waals surface area contributed by atoms with Crippen LogP contribution in [0.3, 0.4) is 0 Å². The normalized spacial score (nSPS) is 16.3. The molecule has 1 fully saturated rings. The number of anilines is 1. The lowest BCUT2D eigenvalue weighted by atomic mass is 10.1. The Labute approximate surface area is 125 Å². The number of nitrogens with two attached hydrogens (primary N) is 1. The van der Waals surface area contributed by atoms with Crippen molar-refractivity contribution in [2.45, 2.75) is 24.2 Å². The largest absolute Gasteiger partial charge is 0.469 e. The summed E-state index contributed by atoms with van der Waals surface area (Å²) in [6.07, 6.45) is 2.79. The molecule has 0 aromatic heterocycles. The van der Waals surface area contributed by atoms with Crippen LogP contribution in [0.2, 0.25) is 0 Å². The lowest BCUT2D eigenvalue weighted by Gasteiger charge is -2.13. The van der Waals surface area contributed by atoms with Crippen molar-refractivity contribution >= 4 is 46.0 Å². The van der Waals surface area contributed by atoms with Crippen molar-refractivity contribution in [1.82, 2.24) is 0 Å². The summed E-state index contributed by atoms with van der Waals surface area (Å²) >= 11 is 4.11.